The molecule has 0 spiro atoms. The molecule has 2 aromatic carbocycles. The average Bonchev–Trinajstić information content (AvgIpc) is 2.60. The van der Waals surface area contributed by atoms with Gasteiger partial charge in [-0.1, -0.05) is 41.9 Å². The number of hydrogen-bond acceptors (Lipinski definition) is 3. The predicted molar refractivity (Wildman–Crippen MR) is 130 cm³/mol. The van der Waals surface area contributed by atoms with Gasteiger partial charge in [0.1, 0.15) is 0 Å². The van der Waals surface area contributed by atoms with Crippen LogP contribution in [0.25, 0.3) is 0 Å². The van der Waals surface area contributed by atoms with Crippen molar-refractivity contribution >= 4 is 51.6 Å². The molecule has 0 unspecified atom stereocenters. The highest BCUT2D eigenvalue weighted by Gasteiger charge is 2.24. The second kappa shape index (κ2) is 11.1. The molecule has 160 valence electrons. The van der Waals surface area contributed by atoms with Crippen LogP contribution in [0.2, 0.25) is 5.02 Å². The highest BCUT2D eigenvalue weighted by atomic mass is 127. The lowest BCUT2D eigenvalue weighted by molar-refractivity contribution is 0.491. The molecule has 3 N–H and O–H groups in total. The third-order valence-electron chi connectivity index (χ3n) is 3.72. The van der Waals surface area contributed by atoms with Crippen molar-refractivity contribution in [2.75, 3.05) is 7.05 Å². The summed E-state index contributed by atoms with van der Waals surface area (Å²) in [7, 11) is -1.96. The SMILES string of the molecule is CN=C(NCc1cccc(Cl)c1)NCc1ccccc1S(=O)(=O)NC(C)(C)C.I. The summed E-state index contributed by atoms with van der Waals surface area (Å²) in [5, 5.41) is 7.03. The van der Waals surface area contributed by atoms with Gasteiger partial charge in [-0.15, -0.1) is 24.0 Å². The zero-order valence-electron chi connectivity index (χ0n) is 17.0. The molecule has 0 aromatic heterocycles. The Morgan fingerprint density at radius 2 is 1.69 bits per heavy atom. The Kier molecular flexibility index (Phi) is 9.87. The molecule has 9 heteroatoms. The van der Waals surface area contributed by atoms with Crippen molar-refractivity contribution in [2.24, 2.45) is 4.99 Å². The van der Waals surface area contributed by atoms with Crippen molar-refractivity contribution < 1.29 is 8.42 Å². The van der Waals surface area contributed by atoms with Gasteiger partial charge >= 0.3 is 0 Å². The van der Waals surface area contributed by atoms with Gasteiger partial charge in [-0.25, -0.2) is 13.1 Å². The van der Waals surface area contributed by atoms with Crippen molar-refractivity contribution in [3.8, 4) is 0 Å². The maximum Gasteiger partial charge on any atom is 0.241 e. The van der Waals surface area contributed by atoms with Crippen molar-refractivity contribution in [3.63, 3.8) is 0 Å². The molecule has 0 radical (unpaired) electrons. The molecule has 0 aliphatic heterocycles. The zero-order valence-corrected chi connectivity index (χ0v) is 20.9. The van der Waals surface area contributed by atoms with Crippen molar-refractivity contribution in [1.29, 1.82) is 0 Å². The minimum Gasteiger partial charge on any atom is -0.352 e. The number of nitrogens with one attached hydrogen (secondary N) is 3. The van der Waals surface area contributed by atoms with Crippen LogP contribution in [0.5, 0.6) is 0 Å². The van der Waals surface area contributed by atoms with E-state index in [1.54, 1.807) is 25.2 Å². The van der Waals surface area contributed by atoms with E-state index < -0.39 is 15.6 Å². The van der Waals surface area contributed by atoms with Crippen LogP contribution in [0.1, 0.15) is 31.9 Å². The molecule has 0 aliphatic carbocycles. The van der Waals surface area contributed by atoms with Gasteiger partial charge in [-0.3, -0.25) is 4.99 Å². The van der Waals surface area contributed by atoms with Gasteiger partial charge in [0.05, 0.1) is 4.90 Å². The third kappa shape index (κ3) is 8.49. The van der Waals surface area contributed by atoms with Gasteiger partial charge in [-0.2, -0.15) is 0 Å². The van der Waals surface area contributed by atoms with Gasteiger partial charge in [0.15, 0.2) is 5.96 Å². The van der Waals surface area contributed by atoms with Crippen LogP contribution in [0, 0.1) is 0 Å². The van der Waals surface area contributed by atoms with Gasteiger partial charge in [0.2, 0.25) is 10.0 Å². The van der Waals surface area contributed by atoms with Gasteiger partial charge in [0, 0.05) is 30.7 Å². The average molecular weight is 551 g/mol. The van der Waals surface area contributed by atoms with E-state index in [9.17, 15) is 8.42 Å². The summed E-state index contributed by atoms with van der Waals surface area (Å²) in [5.41, 5.74) is 1.12. The minimum atomic E-state index is -3.63. The van der Waals surface area contributed by atoms with Crippen LogP contribution < -0.4 is 15.4 Å². The Labute approximate surface area is 195 Å². The van der Waals surface area contributed by atoms with Gasteiger partial charge in [-0.05, 0) is 50.1 Å². The lowest BCUT2D eigenvalue weighted by Gasteiger charge is -2.22. The van der Waals surface area contributed by atoms with Crippen LogP contribution in [0.4, 0.5) is 0 Å². The minimum absolute atomic E-state index is 0. The van der Waals surface area contributed by atoms with Crippen LogP contribution >= 0.6 is 35.6 Å². The predicted octanol–water partition coefficient (Wildman–Crippen LogP) is 3.90. The fourth-order valence-electron chi connectivity index (χ4n) is 2.60. The summed E-state index contributed by atoms with van der Waals surface area (Å²) in [6.07, 6.45) is 0. The van der Waals surface area contributed by atoms with E-state index in [0.717, 1.165) is 5.56 Å². The zero-order chi connectivity index (χ0) is 20.8. The monoisotopic (exact) mass is 550 g/mol. The molecule has 0 amide bonds. The molecule has 2 aromatic rings. The molecule has 0 fully saturated rings. The summed E-state index contributed by atoms with van der Waals surface area (Å²) >= 11 is 6.00. The van der Waals surface area contributed by atoms with E-state index in [0.29, 0.717) is 29.6 Å². The Hall–Kier alpha value is -1.36. The summed E-state index contributed by atoms with van der Waals surface area (Å²) in [5.74, 6) is 0.566. The molecule has 29 heavy (non-hydrogen) atoms. The molecule has 0 saturated carbocycles. The molecule has 6 nitrogen and oxygen atoms in total. The number of guanidine groups is 1. The summed E-state index contributed by atoms with van der Waals surface area (Å²) < 4.78 is 28.1. The Bertz CT molecular complexity index is 943. The lowest BCUT2D eigenvalue weighted by Crippen LogP contribution is -2.41. The van der Waals surface area contributed by atoms with Crippen molar-refractivity contribution in [3.05, 3.63) is 64.7 Å². The Balaban J connectivity index is 0.00000420. The molecular weight excluding hydrogens is 523 g/mol. The lowest BCUT2D eigenvalue weighted by atomic mass is 10.1. The van der Waals surface area contributed by atoms with Crippen LogP contribution in [-0.4, -0.2) is 27.0 Å². The normalized spacial score (nSPS) is 12.2. The fraction of sp³-hybridized carbons (Fsp3) is 0.350. The smallest absolute Gasteiger partial charge is 0.241 e. The van der Waals surface area contributed by atoms with E-state index in [1.807, 2.05) is 51.1 Å². The summed E-state index contributed by atoms with van der Waals surface area (Å²) in [6.45, 7) is 6.30. The molecule has 0 aliphatic rings. The number of rotatable bonds is 6. The van der Waals surface area contributed by atoms with E-state index in [4.69, 9.17) is 11.6 Å². The Morgan fingerprint density at radius 1 is 1.03 bits per heavy atom. The first-order valence-electron chi connectivity index (χ1n) is 8.91. The quantitative estimate of drug-likeness (QED) is 0.289. The molecule has 0 saturated heterocycles. The second-order valence-corrected chi connectivity index (χ2v) is 9.46. The first kappa shape index (κ1) is 25.7. The number of halogens is 2. The summed E-state index contributed by atoms with van der Waals surface area (Å²) in [6, 6.07) is 14.5. The van der Waals surface area contributed by atoms with Crippen LogP contribution in [0.15, 0.2) is 58.4 Å². The van der Waals surface area contributed by atoms with E-state index in [-0.39, 0.29) is 28.9 Å². The first-order chi connectivity index (χ1) is 13.1. The Morgan fingerprint density at radius 3 is 2.31 bits per heavy atom. The maximum atomic E-state index is 12.7. The first-order valence-corrected chi connectivity index (χ1v) is 10.8. The number of benzene rings is 2. The molecule has 2 rings (SSSR count). The topological polar surface area (TPSA) is 82.6 Å². The molecular formula is C20H28ClIN4O2S. The van der Waals surface area contributed by atoms with Crippen molar-refractivity contribution in [1.82, 2.24) is 15.4 Å². The summed E-state index contributed by atoms with van der Waals surface area (Å²) in [4.78, 5) is 4.44. The molecule has 0 heterocycles. The number of aliphatic imine (C=N–C) groups is 1. The van der Waals surface area contributed by atoms with E-state index in [2.05, 4.69) is 20.3 Å². The number of nitrogens with zero attached hydrogens (tertiary/aromatic N) is 1. The highest BCUT2D eigenvalue weighted by molar-refractivity contribution is 14.0. The van der Waals surface area contributed by atoms with Gasteiger partial charge in [0.25, 0.3) is 0 Å². The largest absolute Gasteiger partial charge is 0.352 e. The fourth-order valence-corrected chi connectivity index (χ4v) is 4.47. The highest BCUT2D eigenvalue weighted by Crippen LogP contribution is 2.17. The third-order valence-corrected chi connectivity index (χ3v) is 5.82. The number of sulfonamides is 1. The van der Waals surface area contributed by atoms with E-state index >= 15 is 0 Å². The standard InChI is InChI=1S/C20H27ClN4O2S.HI/c1-20(2,3)25-28(26,27)18-11-6-5-9-16(18)14-24-19(22-4)23-13-15-8-7-10-17(21)12-15;/h5-12,25H,13-14H2,1-4H3,(H2,22,23,24);1H. The number of hydrogen-bond donors (Lipinski definition) is 3. The van der Waals surface area contributed by atoms with Crippen LogP contribution in [0.3, 0.4) is 0 Å². The van der Waals surface area contributed by atoms with E-state index in [1.165, 1.54) is 0 Å². The molecule has 0 bridgehead atoms. The van der Waals surface area contributed by atoms with Crippen molar-refractivity contribution in [2.45, 2.75) is 44.3 Å². The molecule has 0 atom stereocenters. The van der Waals surface area contributed by atoms with Crippen LogP contribution in [-0.2, 0) is 23.1 Å². The van der Waals surface area contributed by atoms with Gasteiger partial charge < -0.3 is 10.6 Å². The maximum absolute atomic E-state index is 12.7. The second-order valence-electron chi connectivity index (χ2n) is 7.37.